The number of benzene rings is 1. The molecule has 1 amide bonds. The summed E-state index contributed by atoms with van der Waals surface area (Å²) in [5.74, 6) is 4.19. The van der Waals surface area contributed by atoms with E-state index in [1.807, 2.05) is 6.07 Å². The van der Waals surface area contributed by atoms with Crippen molar-refractivity contribution >= 4 is 35.2 Å². The van der Waals surface area contributed by atoms with Crippen LogP contribution in [0.5, 0.6) is 0 Å². The molecule has 0 aliphatic carbocycles. The number of aromatic nitrogens is 2. The zero-order chi connectivity index (χ0) is 24.2. The number of esters is 2. The topological polar surface area (TPSA) is 130 Å². The molecule has 0 saturated heterocycles. The minimum Gasteiger partial charge on any atom is -0.461 e. The number of ether oxygens (including phenoxy) is 2. The third-order valence-electron chi connectivity index (χ3n) is 3.98. The summed E-state index contributed by atoms with van der Waals surface area (Å²) in [6.45, 7) is 4.12. The van der Waals surface area contributed by atoms with Gasteiger partial charge in [-0.2, -0.15) is 0 Å². The Bertz CT molecular complexity index is 1090. The summed E-state index contributed by atoms with van der Waals surface area (Å²) < 4.78 is 12.3. The van der Waals surface area contributed by atoms with E-state index in [1.54, 1.807) is 74.8 Å². The Labute approximate surface area is 196 Å². The maximum atomic E-state index is 12.0. The summed E-state index contributed by atoms with van der Waals surface area (Å²) >= 11 is 5.07. The van der Waals surface area contributed by atoms with E-state index in [-0.39, 0.29) is 29.3 Å². The Kier molecular flexibility index (Phi) is 9.65. The van der Waals surface area contributed by atoms with E-state index in [2.05, 4.69) is 10.7 Å². The first-order valence-electron chi connectivity index (χ1n) is 9.98. The molecule has 3 aromatic rings. The first kappa shape index (κ1) is 25.1. The molecule has 0 fully saturated rings. The van der Waals surface area contributed by atoms with Crippen molar-refractivity contribution in [3.63, 3.8) is 0 Å². The van der Waals surface area contributed by atoms with Gasteiger partial charge in [0.1, 0.15) is 11.4 Å². The van der Waals surface area contributed by atoms with Crippen LogP contribution >= 0.6 is 12.2 Å². The van der Waals surface area contributed by atoms with Crippen LogP contribution in [0.25, 0.3) is 0 Å². The average Bonchev–Trinajstić information content (AvgIpc) is 3.44. The fraction of sp³-hybridized carbons (Fsp3) is 0.182. The zero-order valence-corrected chi connectivity index (χ0v) is 19.0. The zero-order valence-electron chi connectivity index (χ0n) is 18.2. The van der Waals surface area contributed by atoms with Gasteiger partial charge in [-0.3, -0.25) is 24.9 Å². The highest BCUT2D eigenvalue weighted by Crippen LogP contribution is 2.03. The van der Waals surface area contributed by atoms with E-state index in [0.29, 0.717) is 17.9 Å². The summed E-state index contributed by atoms with van der Waals surface area (Å²) in [4.78, 5) is 34.7. The lowest BCUT2D eigenvalue weighted by atomic mass is 10.2. The van der Waals surface area contributed by atoms with Crippen LogP contribution < -0.4 is 16.6 Å². The van der Waals surface area contributed by atoms with Crippen LogP contribution in [0.3, 0.4) is 0 Å². The molecular formula is C22H25N5O5S. The van der Waals surface area contributed by atoms with Crippen molar-refractivity contribution < 1.29 is 23.9 Å². The molecule has 2 aromatic heterocycles. The highest BCUT2D eigenvalue weighted by atomic mass is 32.1. The van der Waals surface area contributed by atoms with Crippen molar-refractivity contribution in [2.75, 3.05) is 24.5 Å². The molecule has 2 heterocycles. The second-order valence-corrected chi connectivity index (χ2v) is 6.67. The van der Waals surface area contributed by atoms with Crippen LogP contribution in [0.4, 0.5) is 0 Å². The minimum atomic E-state index is -0.475. The van der Waals surface area contributed by atoms with Gasteiger partial charge in [-0.15, -0.1) is 0 Å². The SMILES string of the molecule is CCOC(=O)c1cccn1N.CCOC(=O)c1cccn1NC(=S)NC(=O)c1ccccc1. The van der Waals surface area contributed by atoms with Gasteiger partial charge < -0.3 is 15.3 Å². The lowest BCUT2D eigenvalue weighted by Gasteiger charge is -2.13. The number of nitrogens with zero attached hydrogens (tertiary/aromatic N) is 2. The first-order chi connectivity index (χ1) is 15.9. The molecule has 11 heteroatoms. The van der Waals surface area contributed by atoms with Gasteiger partial charge in [0, 0.05) is 18.0 Å². The van der Waals surface area contributed by atoms with Crippen LogP contribution in [0.15, 0.2) is 67.0 Å². The van der Waals surface area contributed by atoms with Crippen LogP contribution in [0.2, 0.25) is 0 Å². The number of nitrogen functional groups attached to an aromatic ring is 1. The predicted molar refractivity (Wildman–Crippen MR) is 127 cm³/mol. The molecule has 1 aromatic carbocycles. The predicted octanol–water partition coefficient (Wildman–Crippen LogP) is 2.30. The lowest BCUT2D eigenvalue weighted by Crippen LogP contribution is -2.38. The molecule has 0 spiro atoms. The van der Waals surface area contributed by atoms with Gasteiger partial charge in [0.2, 0.25) is 0 Å². The average molecular weight is 472 g/mol. The Morgan fingerprint density at radius 1 is 0.879 bits per heavy atom. The third kappa shape index (κ3) is 7.51. The van der Waals surface area contributed by atoms with E-state index < -0.39 is 5.97 Å². The Morgan fingerprint density at radius 3 is 2.03 bits per heavy atom. The molecule has 0 aliphatic heterocycles. The molecule has 0 unspecified atom stereocenters. The van der Waals surface area contributed by atoms with Gasteiger partial charge in [-0.25, -0.2) is 9.59 Å². The molecule has 174 valence electrons. The summed E-state index contributed by atoms with van der Waals surface area (Å²) in [5.41, 5.74) is 3.89. The van der Waals surface area contributed by atoms with E-state index in [4.69, 9.17) is 27.5 Å². The van der Waals surface area contributed by atoms with Gasteiger partial charge >= 0.3 is 11.9 Å². The molecule has 0 bridgehead atoms. The van der Waals surface area contributed by atoms with Crippen molar-refractivity contribution in [2.24, 2.45) is 0 Å². The summed E-state index contributed by atoms with van der Waals surface area (Å²) in [6, 6.07) is 15.2. The van der Waals surface area contributed by atoms with Crippen LogP contribution in [0, 0.1) is 0 Å². The molecule has 33 heavy (non-hydrogen) atoms. The quantitative estimate of drug-likeness (QED) is 0.284. The van der Waals surface area contributed by atoms with Crippen molar-refractivity contribution in [1.29, 1.82) is 0 Å². The number of nitrogens with one attached hydrogen (secondary N) is 2. The monoisotopic (exact) mass is 471 g/mol. The summed E-state index contributed by atoms with van der Waals surface area (Å²) in [5, 5.41) is 2.62. The number of carbonyl (C=O) groups is 3. The smallest absolute Gasteiger partial charge is 0.356 e. The normalized spacial score (nSPS) is 9.76. The number of carbonyl (C=O) groups excluding carboxylic acids is 3. The van der Waals surface area contributed by atoms with Crippen molar-refractivity contribution in [1.82, 2.24) is 14.7 Å². The number of hydrogen-bond acceptors (Lipinski definition) is 7. The number of nitrogens with two attached hydrogens (primary N) is 1. The molecular weight excluding hydrogens is 446 g/mol. The molecule has 3 rings (SSSR count). The maximum absolute atomic E-state index is 12.0. The third-order valence-corrected chi connectivity index (χ3v) is 4.18. The standard InChI is InChI=1S/C15H15N3O3S.C7H10N2O2/c1-2-21-14(20)12-9-6-10-18(12)17-15(22)16-13(19)11-7-4-3-5-8-11;1-2-11-7(10)6-4-3-5-9(6)8/h3-10H,2H2,1H3,(H2,16,17,19,22);3-5H,2,8H2,1H3. The molecule has 4 N–H and O–H groups in total. The number of hydrogen-bond donors (Lipinski definition) is 3. The van der Waals surface area contributed by atoms with E-state index >= 15 is 0 Å². The molecule has 0 saturated carbocycles. The fourth-order valence-corrected chi connectivity index (χ4v) is 2.71. The molecule has 0 aliphatic rings. The fourth-order valence-electron chi connectivity index (χ4n) is 2.52. The van der Waals surface area contributed by atoms with E-state index in [0.717, 1.165) is 0 Å². The van der Waals surface area contributed by atoms with Crippen molar-refractivity contribution in [3.8, 4) is 0 Å². The van der Waals surface area contributed by atoms with Crippen LogP contribution in [0.1, 0.15) is 45.2 Å². The van der Waals surface area contributed by atoms with Gasteiger partial charge in [0.05, 0.1) is 13.2 Å². The highest BCUT2D eigenvalue weighted by molar-refractivity contribution is 7.80. The van der Waals surface area contributed by atoms with Gasteiger partial charge in [0.15, 0.2) is 5.11 Å². The molecule has 10 nitrogen and oxygen atoms in total. The number of thiocarbonyl (C=S) groups is 1. The highest BCUT2D eigenvalue weighted by Gasteiger charge is 2.13. The first-order valence-corrected chi connectivity index (χ1v) is 10.4. The van der Waals surface area contributed by atoms with E-state index in [9.17, 15) is 14.4 Å². The van der Waals surface area contributed by atoms with Crippen molar-refractivity contribution in [3.05, 3.63) is 83.9 Å². The second kappa shape index (κ2) is 12.7. The van der Waals surface area contributed by atoms with Crippen LogP contribution in [-0.2, 0) is 9.47 Å². The minimum absolute atomic E-state index is 0.0793. The summed E-state index contributed by atoms with van der Waals surface area (Å²) in [6.07, 6.45) is 3.19. The number of rotatable bonds is 6. The van der Waals surface area contributed by atoms with Gasteiger partial charge in [-0.1, -0.05) is 18.2 Å². The van der Waals surface area contributed by atoms with E-state index in [1.165, 1.54) is 9.35 Å². The largest absolute Gasteiger partial charge is 0.461 e. The Hall–Kier alpha value is -4.12. The lowest BCUT2D eigenvalue weighted by molar-refractivity contribution is 0.0506. The Morgan fingerprint density at radius 2 is 1.45 bits per heavy atom. The maximum Gasteiger partial charge on any atom is 0.356 e. The molecule has 0 atom stereocenters. The summed E-state index contributed by atoms with van der Waals surface area (Å²) in [7, 11) is 0. The van der Waals surface area contributed by atoms with Gasteiger partial charge in [0.25, 0.3) is 5.91 Å². The Balaban J connectivity index is 0.000000294. The molecule has 0 radical (unpaired) electrons. The van der Waals surface area contributed by atoms with Crippen LogP contribution in [-0.4, -0.2) is 45.5 Å². The second-order valence-electron chi connectivity index (χ2n) is 6.27. The van der Waals surface area contributed by atoms with Gasteiger partial charge in [-0.05, 0) is 62.5 Å². The number of amides is 1. The van der Waals surface area contributed by atoms with Crippen molar-refractivity contribution in [2.45, 2.75) is 13.8 Å².